The first-order valence-corrected chi connectivity index (χ1v) is 5.21. The molecule has 0 spiro atoms. The number of nitrogens with zero attached hydrogens (tertiary/aromatic N) is 1. The fourth-order valence-corrected chi connectivity index (χ4v) is 1.65. The number of benzene rings is 1. The van der Waals surface area contributed by atoms with Gasteiger partial charge in [-0.1, -0.05) is 24.3 Å². The van der Waals surface area contributed by atoms with E-state index in [4.69, 9.17) is 4.42 Å². The van der Waals surface area contributed by atoms with Crippen LogP contribution in [0.3, 0.4) is 0 Å². The lowest BCUT2D eigenvalue weighted by molar-refractivity contribution is 0.470. The van der Waals surface area contributed by atoms with E-state index < -0.39 is 0 Å². The smallest absolute Gasteiger partial charge is 0.194 e. The van der Waals surface area contributed by atoms with Crippen molar-refractivity contribution in [3.05, 3.63) is 53.2 Å². The zero-order chi connectivity index (χ0) is 10.7. The molecule has 0 unspecified atom stereocenters. The summed E-state index contributed by atoms with van der Waals surface area (Å²) in [6, 6.07) is 8.43. The molecule has 0 saturated carbocycles. The number of oxazole rings is 1. The molecule has 0 radical (unpaired) electrons. The summed E-state index contributed by atoms with van der Waals surface area (Å²) in [5, 5.41) is 0. The van der Waals surface area contributed by atoms with Crippen LogP contribution in [-0.2, 0) is 12.8 Å². The molecule has 0 aliphatic carbocycles. The molecule has 15 heavy (non-hydrogen) atoms. The Morgan fingerprint density at radius 3 is 2.60 bits per heavy atom. The van der Waals surface area contributed by atoms with Crippen molar-refractivity contribution in [1.82, 2.24) is 4.98 Å². The maximum atomic E-state index is 5.43. The first-order chi connectivity index (χ1) is 7.25. The van der Waals surface area contributed by atoms with Crippen LogP contribution in [0.1, 0.15) is 22.8 Å². The molecule has 0 fully saturated rings. The van der Waals surface area contributed by atoms with Gasteiger partial charge in [0.25, 0.3) is 0 Å². The quantitative estimate of drug-likeness (QED) is 0.762. The lowest BCUT2D eigenvalue weighted by Gasteiger charge is -2.02. The third-order valence-corrected chi connectivity index (χ3v) is 2.54. The average Bonchev–Trinajstić information content (AvgIpc) is 2.63. The van der Waals surface area contributed by atoms with Crippen LogP contribution in [0.5, 0.6) is 0 Å². The molecule has 0 saturated heterocycles. The summed E-state index contributed by atoms with van der Waals surface area (Å²) in [4.78, 5) is 4.19. The lowest BCUT2D eigenvalue weighted by atomic mass is 10.0. The number of aryl methyl sites for hydroxylation is 4. The maximum Gasteiger partial charge on any atom is 0.194 e. The highest BCUT2D eigenvalue weighted by atomic mass is 16.3. The summed E-state index contributed by atoms with van der Waals surface area (Å²) in [7, 11) is 0. The Hall–Kier alpha value is -1.57. The Bertz CT molecular complexity index is 445. The van der Waals surface area contributed by atoms with Crippen molar-refractivity contribution in [3.8, 4) is 0 Å². The monoisotopic (exact) mass is 201 g/mol. The molecular weight excluding hydrogens is 186 g/mol. The molecule has 1 heterocycles. The van der Waals surface area contributed by atoms with Gasteiger partial charge >= 0.3 is 0 Å². The molecule has 0 aliphatic rings. The Kier molecular flexibility index (Phi) is 2.86. The van der Waals surface area contributed by atoms with Crippen LogP contribution in [-0.4, -0.2) is 4.98 Å². The second-order valence-corrected chi connectivity index (χ2v) is 3.79. The molecule has 2 nitrogen and oxygen atoms in total. The first-order valence-electron chi connectivity index (χ1n) is 5.21. The highest BCUT2D eigenvalue weighted by Crippen LogP contribution is 2.11. The molecule has 2 heteroatoms. The standard InChI is InChI=1S/C13H15NO/c1-10-5-3-4-6-12(10)7-8-13-14-9-11(2)15-13/h3-6,9H,7-8H2,1-2H3. The molecule has 0 N–H and O–H groups in total. The van der Waals surface area contributed by atoms with Crippen LogP contribution in [0.4, 0.5) is 0 Å². The topological polar surface area (TPSA) is 26.0 Å². The van der Waals surface area contributed by atoms with Gasteiger partial charge in [-0.2, -0.15) is 0 Å². The van der Waals surface area contributed by atoms with Gasteiger partial charge in [-0.3, -0.25) is 0 Å². The molecule has 0 bridgehead atoms. The zero-order valence-electron chi connectivity index (χ0n) is 9.16. The van der Waals surface area contributed by atoms with Crippen molar-refractivity contribution in [2.45, 2.75) is 26.7 Å². The molecule has 1 aromatic heterocycles. The van der Waals surface area contributed by atoms with Crippen molar-refractivity contribution in [1.29, 1.82) is 0 Å². The zero-order valence-corrected chi connectivity index (χ0v) is 9.16. The summed E-state index contributed by atoms with van der Waals surface area (Å²) >= 11 is 0. The third kappa shape index (κ3) is 2.46. The van der Waals surface area contributed by atoms with E-state index in [2.05, 4.69) is 36.2 Å². The lowest BCUT2D eigenvalue weighted by Crippen LogP contribution is -1.93. The molecule has 0 amide bonds. The average molecular weight is 201 g/mol. The van der Waals surface area contributed by atoms with E-state index in [1.165, 1.54) is 11.1 Å². The van der Waals surface area contributed by atoms with Crippen LogP contribution >= 0.6 is 0 Å². The highest BCUT2D eigenvalue weighted by Gasteiger charge is 2.02. The minimum absolute atomic E-state index is 0.829. The maximum absolute atomic E-state index is 5.43. The van der Waals surface area contributed by atoms with E-state index in [0.717, 1.165) is 24.5 Å². The van der Waals surface area contributed by atoms with Gasteiger partial charge in [-0.15, -0.1) is 0 Å². The van der Waals surface area contributed by atoms with Crippen molar-refractivity contribution in [3.63, 3.8) is 0 Å². The van der Waals surface area contributed by atoms with Gasteiger partial charge in [0, 0.05) is 6.42 Å². The van der Waals surface area contributed by atoms with Crippen molar-refractivity contribution in [2.75, 3.05) is 0 Å². The van der Waals surface area contributed by atoms with Crippen LogP contribution < -0.4 is 0 Å². The number of hydrogen-bond acceptors (Lipinski definition) is 2. The Labute approximate surface area is 90.0 Å². The van der Waals surface area contributed by atoms with Crippen LogP contribution in [0, 0.1) is 13.8 Å². The van der Waals surface area contributed by atoms with E-state index in [-0.39, 0.29) is 0 Å². The van der Waals surface area contributed by atoms with Gasteiger partial charge < -0.3 is 4.42 Å². The predicted octanol–water partition coefficient (Wildman–Crippen LogP) is 3.08. The normalized spacial score (nSPS) is 10.5. The fraction of sp³-hybridized carbons (Fsp3) is 0.308. The second kappa shape index (κ2) is 4.30. The molecule has 0 aliphatic heterocycles. The highest BCUT2D eigenvalue weighted by molar-refractivity contribution is 5.25. The number of rotatable bonds is 3. The predicted molar refractivity (Wildman–Crippen MR) is 59.8 cm³/mol. The van der Waals surface area contributed by atoms with E-state index in [9.17, 15) is 0 Å². The SMILES string of the molecule is Cc1cnc(CCc2ccccc2C)o1. The van der Waals surface area contributed by atoms with Crippen LogP contribution in [0.15, 0.2) is 34.9 Å². The largest absolute Gasteiger partial charge is 0.446 e. The van der Waals surface area contributed by atoms with Crippen molar-refractivity contribution in [2.24, 2.45) is 0 Å². The molecule has 78 valence electrons. The molecular formula is C13H15NO. The summed E-state index contributed by atoms with van der Waals surface area (Å²) < 4.78 is 5.43. The first kappa shape index (κ1) is 9.97. The Balaban J connectivity index is 2.02. The summed E-state index contributed by atoms with van der Waals surface area (Å²) in [5.41, 5.74) is 2.70. The van der Waals surface area contributed by atoms with Gasteiger partial charge in [0.1, 0.15) is 5.76 Å². The van der Waals surface area contributed by atoms with Gasteiger partial charge in [0.05, 0.1) is 6.20 Å². The van der Waals surface area contributed by atoms with Crippen molar-refractivity contribution < 1.29 is 4.42 Å². The number of aromatic nitrogens is 1. The molecule has 0 atom stereocenters. The van der Waals surface area contributed by atoms with Gasteiger partial charge in [-0.25, -0.2) is 4.98 Å². The van der Waals surface area contributed by atoms with E-state index in [0.29, 0.717) is 0 Å². The summed E-state index contributed by atoms with van der Waals surface area (Å²) in [6.07, 6.45) is 3.64. The molecule has 2 aromatic rings. The van der Waals surface area contributed by atoms with Crippen molar-refractivity contribution >= 4 is 0 Å². The fourth-order valence-electron chi connectivity index (χ4n) is 1.65. The molecule has 1 aromatic carbocycles. The Morgan fingerprint density at radius 1 is 1.13 bits per heavy atom. The van der Waals surface area contributed by atoms with Gasteiger partial charge in [0.15, 0.2) is 5.89 Å². The van der Waals surface area contributed by atoms with Gasteiger partial charge in [-0.05, 0) is 31.4 Å². The number of hydrogen-bond donors (Lipinski definition) is 0. The third-order valence-electron chi connectivity index (χ3n) is 2.54. The summed E-state index contributed by atoms with van der Waals surface area (Å²) in [5.74, 6) is 1.71. The Morgan fingerprint density at radius 2 is 1.93 bits per heavy atom. The minimum atomic E-state index is 0.829. The van der Waals surface area contributed by atoms with E-state index in [1.807, 2.05) is 6.92 Å². The minimum Gasteiger partial charge on any atom is -0.446 e. The summed E-state index contributed by atoms with van der Waals surface area (Å²) in [6.45, 7) is 4.06. The molecule has 2 rings (SSSR count). The second-order valence-electron chi connectivity index (χ2n) is 3.79. The van der Waals surface area contributed by atoms with Crippen LogP contribution in [0.25, 0.3) is 0 Å². The van der Waals surface area contributed by atoms with E-state index >= 15 is 0 Å². The van der Waals surface area contributed by atoms with Gasteiger partial charge in [0.2, 0.25) is 0 Å². The van der Waals surface area contributed by atoms with Crippen LogP contribution in [0.2, 0.25) is 0 Å². The van der Waals surface area contributed by atoms with E-state index in [1.54, 1.807) is 6.20 Å².